The lowest BCUT2D eigenvalue weighted by Crippen LogP contribution is -2.08. The average Bonchev–Trinajstić information content (AvgIpc) is 2.77. The predicted molar refractivity (Wildman–Crippen MR) is 70.9 cm³/mol. The van der Waals surface area contributed by atoms with Gasteiger partial charge in [-0.15, -0.1) is 10.2 Å². The number of hydrogen-bond donors (Lipinski definition) is 3. The first-order valence-electron chi connectivity index (χ1n) is 5.69. The highest BCUT2D eigenvalue weighted by Gasteiger charge is 2.08. The summed E-state index contributed by atoms with van der Waals surface area (Å²) in [5, 5.41) is 31.8. The number of nitrogens with zero attached hydrogens (tertiary/aromatic N) is 2. The maximum Gasteiger partial charge on any atom is 0.148 e. The monoisotopic (exact) mass is 265 g/mol. The van der Waals surface area contributed by atoms with Gasteiger partial charge >= 0.3 is 0 Å². The van der Waals surface area contributed by atoms with E-state index in [0.29, 0.717) is 10.6 Å². The van der Waals surface area contributed by atoms with Crippen molar-refractivity contribution in [2.45, 2.75) is 12.8 Å². The number of rotatable bonds is 5. The normalized spacial score (nSPS) is 10.7. The summed E-state index contributed by atoms with van der Waals surface area (Å²) in [6.45, 7) is 0.946. The average molecular weight is 265 g/mol. The number of aryl methyl sites for hydroxylation is 1. The summed E-state index contributed by atoms with van der Waals surface area (Å²) < 4.78 is 0. The second-order valence-corrected chi connectivity index (χ2v) is 5.01. The number of aromatic hydroxyl groups is 2. The molecule has 3 N–H and O–H groups in total. The Kier molecular flexibility index (Phi) is 4.11. The van der Waals surface area contributed by atoms with E-state index in [0.717, 1.165) is 24.4 Å². The number of benzene rings is 1. The van der Waals surface area contributed by atoms with Crippen LogP contribution in [0.4, 0.5) is 0 Å². The molecular weight excluding hydrogens is 250 g/mol. The maximum atomic E-state index is 9.42. The van der Waals surface area contributed by atoms with Gasteiger partial charge in [0, 0.05) is 18.1 Å². The van der Waals surface area contributed by atoms with E-state index in [2.05, 4.69) is 15.5 Å². The number of phenolic OH excluding ortho intramolecular Hbond substituents is 2. The van der Waals surface area contributed by atoms with Gasteiger partial charge in [-0.25, -0.2) is 0 Å². The molecule has 5 nitrogen and oxygen atoms in total. The Balaban J connectivity index is 2.13. The lowest BCUT2D eigenvalue weighted by molar-refractivity contribution is 0.451. The fourth-order valence-electron chi connectivity index (χ4n) is 1.61. The first-order chi connectivity index (χ1) is 8.69. The Hall–Kier alpha value is -1.66. The van der Waals surface area contributed by atoms with E-state index in [1.165, 1.54) is 17.4 Å². The van der Waals surface area contributed by atoms with Crippen LogP contribution in [-0.4, -0.2) is 34.0 Å². The Morgan fingerprint density at radius 2 is 1.89 bits per heavy atom. The Morgan fingerprint density at radius 3 is 2.56 bits per heavy atom. The van der Waals surface area contributed by atoms with Crippen LogP contribution in [-0.2, 0) is 6.42 Å². The van der Waals surface area contributed by atoms with Crippen molar-refractivity contribution in [1.29, 1.82) is 0 Å². The molecule has 0 unspecified atom stereocenters. The largest absolute Gasteiger partial charge is 0.508 e. The Morgan fingerprint density at radius 1 is 1.17 bits per heavy atom. The van der Waals surface area contributed by atoms with E-state index in [1.807, 2.05) is 7.05 Å². The van der Waals surface area contributed by atoms with Crippen LogP contribution in [0, 0.1) is 0 Å². The van der Waals surface area contributed by atoms with Gasteiger partial charge in [-0.05, 0) is 32.1 Å². The topological polar surface area (TPSA) is 78.3 Å². The molecule has 0 amide bonds. The van der Waals surface area contributed by atoms with Crippen molar-refractivity contribution in [3.05, 3.63) is 23.2 Å². The molecule has 18 heavy (non-hydrogen) atoms. The SMILES string of the molecule is CNCCCc1nnc(-c2cc(O)cc(O)c2)s1. The van der Waals surface area contributed by atoms with Crippen LogP contribution in [0.5, 0.6) is 11.5 Å². The molecular formula is C12H15N3O2S. The minimum atomic E-state index is 0.0249. The molecule has 2 rings (SSSR count). The highest BCUT2D eigenvalue weighted by Crippen LogP contribution is 2.30. The molecule has 0 saturated heterocycles. The molecule has 0 aliphatic carbocycles. The molecule has 0 bridgehead atoms. The highest BCUT2D eigenvalue weighted by molar-refractivity contribution is 7.14. The molecule has 0 fully saturated rings. The summed E-state index contributed by atoms with van der Waals surface area (Å²) in [6, 6.07) is 4.42. The van der Waals surface area contributed by atoms with Crippen molar-refractivity contribution in [3.63, 3.8) is 0 Å². The van der Waals surface area contributed by atoms with Crippen LogP contribution < -0.4 is 5.32 Å². The van der Waals surface area contributed by atoms with Crippen LogP contribution >= 0.6 is 11.3 Å². The van der Waals surface area contributed by atoms with Crippen molar-refractivity contribution in [2.75, 3.05) is 13.6 Å². The molecule has 0 saturated carbocycles. The summed E-state index contributed by atoms with van der Waals surface area (Å²) in [6.07, 6.45) is 1.89. The van der Waals surface area contributed by atoms with Crippen LogP contribution in [0.15, 0.2) is 18.2 Å². The van der Waals surface area contributed by atoms with Crippen LogP contribution in [0.3, 0.4) is 0 Å². The highest BCUT2D eigenvalue weighted by atomic mass is 32.1. The van der Waals surface area contributed by atoms with E-state index in [4.69, 9.17) is 0 Å². The van der Waals surface area contributed by atoms with Crippen molar-refractivity contribution < 1.29 is 10.2 Å². The zero-order valence-corrected chi connectivity index (χ0v) is 10.9. The third-order valence-corrected chi connectivity index (χ3v) is 3.47. The summed E-state index contributed by atoms with van der Waals surface area (Å²) in [5.74, 6) is 0.0499. The summed E-state index contributed by atoms with van der Waals surface area (Å²) in [7, 11) is 1.92. The zero-order valence-electron chi connectivity index (χ0n) is 10.1. The van der Waals surface area contributed by atoms with Gasteiger partial charge in [-0.2, -0.15) is 0 Å². The Labute approximate surface area is 109 Å². The minimum Gasteiger partial charge on any atom is -0.508 e. The molecule has 96 valence electrons. The molecule has 6 heteroatoms. The number of hydrogen-bond acceptors (Lipinski definition) is 6. The quantitative estimate of drug-likeness (QED) is 0.718. The second kappa shape index (κ2) is 5.79. The predicted octanol–water partition coefficient (Wildman–Crippen LogP) is 1.77. The molecule has 1 aromatic carbocycles. The van der Waals surface area contributed by atoms with Crippen molar-refractivity contribution in [1.82, 2.24) is 15.5 Å². The third-order valence-electron chi connectivity index (χ3n) is 2.43. The van der Waals surface area contributed by atoms with E-state index < -0.39 is 0 Å². The Bertz CT molecular complexity index is 508. The van der Waals surface area contributed by atoms with E-state index in [1.54, 1.807) is 12.1 Å². The van der Waals surface area contributed by atoms with Gasteiger partial charge in [0.05, 0.1) is 0 Å². The molecule has 0 radical (unpaired) electrons. The number of phenols is 2. The summed E-state index contributed by atoms with van der Waals surface area (Å²) in [4.78, 5) is 0. The van der Waals surface area contributed by atoms with Gasteiger partial charge in [0.1, 0.15) is 21.5 Å². The molecule has 1 aromatic heterocycles. The fraction of sp³-hybridized carbons (Fsp3) is 0.333. The van der Waals surface area contributed by atoms with Gasteiger partial charge in [-0.1, -0.05) is 11.3 Å². The molecule has 2 aromatic rings. The van der Waals surface area contributed by atoms with Gasteiger partial charge in [-0.3, -0.25) is 0 Å². The molecule has 0 spiro atoms. The number of aromatic nitrogens is 2. The van der Waals surface area contributed by atoms with Crippen molar-refractivity contribution >= 4 is 11.3 Å². The second-order valence-electron chi connectivity index (χ2n) is 3.95. The maximum absolute atomic E-state index is 9.42. The van der Waals surface area contributed by atoms with Gasteiger partial charge in [0.25, 0.3) is 0 Å². The van der Waals surface area contributed by atoms with Gasteiger partial charge in [0.15, 0.2) is 0 Å². The van der Waals surface area contributed by atoms with E-state index >= 15 is 0 Å². The van der Waals surface area contributed by atoms with E-state index in [-0.39, 0.29) is 11.5 Å². The van der Waals surface area contributed by atoms with Gasteiger partial charge in [0.2, 0.25) is 0 Å². The third kappa shape index (κ3) is 3.18. The smallest absolute Gasteiger partial charge is 0.148 e. The zero-order chi connectivity index (χ0) is 13.0. The molecule has 0 aliphatic heterocycles. The van der Waals surface area contributed by atoms with E-state index in [9.17, 15) is 10.2 Å². The first kappa shape index (κ1) is 12.8. The first-order valence-corrected chi connectivity index (χ1v) is 6.51. The van der Waals surface area contributed by atoms with Crippen LogP contribution in [0.1, 0.15) is 11.4 Å². The summed E-state index contributed by atoms with van der Waals surface area (Å²) >= 11 is 1.48. The molecule has 0 atom stereocenters. The van der Waals surface area contributed by atoms with Crippen LogP contribution in [0.25, 0.3) is 10.6 Å². The number of nitrogens with one attached hydrogen (secondary N) is 1. The summed E-state index contributed by atoms with van der Waals surface area (Å²) in [5.41, 5.74) is 0.685. The minimum absolute atomic E-state index is 0.0249. The van der Waals surface area contributed by atoms with Crippen molar-refractivity contribution in [2.24, 2.45) is 0 Å². The lowest BCUT2D eigenvalue weighted by Gasteiger charge is -1.98. The standard InChI is InChI=1S/C12H15N3O2S/c1-13-4-2-3-11-14-15-12(18-11)8-5-9(16)7-10(17)6-8/h5-7,13,16-17H,2-4H2,1H3. The molecule has 1 heterocycles. The lowest BCUT2D eigenvalue weighted by atomic mass is 10.2. The van der Waals surface area contributed by atoms with Crippen molar-refractivity contribution in [3.8, 4) is 22.1 Å². The molecule has 0 aliphatic rings. The van der Waals surface area contributed by atoms with Crippen LogP contribution in [0.2, 0.25) is 0 Å². The fourth-order valence-corrected chi connectivity index (χ4v) is 2.47. The van der Waals surface area contributed by atoms with Gasteiger partial charge < -0.3 is 15.5 Å².